The van der Waals surface area contributed by atoms with Crippen LogP contribution in [0.4, 0.5) is 0 Å². The molecule has 0 amide bonds. The molecule has 0 radical (unpaired) electrons. The minimum absolute atomic E-state index is 0. The minimum atomic E-state index is -1.19. The Kier molecular flexibility index (Phi) is 5.78. The monoisotopic (exact) mass is 190 g/mol. The first-order valence-corrected chi connectivity index (χ1v) is 3.09. The van der Waals surface area contributed by atoms with E-state index in [9.17, 15) is 9.90 Å². The Labute approximate surface area is 113 Å². The van der Waals surface area contributed by atoms with Crippen LogP contribution in [0.1, 0.15) is 10.4 Å². The molecule has 0 saturated heterocycles. The summed E-state index contributed by atoms with van der Waals surface area (Å²) >= 11 is 0. The van der Waals surface area contributed by atoms with Gasteiger partial charge in [0.2, 0.25) is 0 Å². The summed E-state index contributed by atoms with van der Waals surface area (Å²) in [5, 5.41) is 10.3. The van der Waals surface area contributed by atoms with E-state index in [0.717, 1.165) is 0 Å². The molecule has 1 rings (SSSR count). The maximum absolute atomic E-state index is 10.3. The molecule has 0 unspecified atom stereocenters. The fraction of sp³-hybridized carbons (Fsp3) is 0.125. The van der Waals surface area contributed by atoms with Gasteiger partial charge in [0.15, 0.2) is 0 Å². The maximum atomic E-state index is 10.3. The van der Waals surface area contributed by atoms with Crippen molar-refractivity contribution in [2.24, 2.45) is 0 Å². The number of carboxylic acid groups (broad SMARTS) is 1. The van der Waals surface area contributed by atoms with E-state index in [-0.39, 0.29) is 56.9 Å². The van der Waals surface area contributed by atoms with Crippen molar-refractivity contribution < 1.29 is 66.0 Å². The number of carbonyl (C=O) groups excluding carboxylic acids is 1. The number of benzene rings is 1. The van der Waals surface area contributed by atoms with E-state index in [1.807, 2.05) is 0 Å². The second kappa shape index (κ2) is 5.72. The molecule has 0 heterocycles. The van der Waals surface area contributed by atoms with Crippen molar-refractivity contribution in [3.05, 3.63) is 29.8 Å². The molecule has 0 fully saturated rings. The van der Waals surface area contributed by atoms with E-state index in [1.54, 1.807) is 12.1 Å². The van der Waals surface area contributed by atoms with Gasteiger partial charge in [-0.15, -0.1) is 0 Å². The van der Waals surface area contributed by atoms with Gasteiger partial charge in [0, 0.05) is 5.56 Å². The third-order valence-electron chi connectivity index (χ3n) is 1.31. The number of carboxylic acids is 1. The number of hydrogen-bond donors (Lipinski definition) is 0. The van der Waals surface area contributed by atoms with Crippen LogP contribution in [-0.4, -0.2) is 13.1 Å². The predicted octanol–water partition coefficient (Wildman–Crippen LogP) is -2.94. The zero-order valence-corrected chi connectivity index (χ0v) is 10.2. The van der Waals surface area contributed by atoms with Crippen molar-refractivity contribution >= 4 is 5.97 Å². The molecule has 1 aromatic rings. The van der Waals surface area contributed by atoms with Gasteiger partial charge < -0.3 is 14.6 Å². The molecular weight excluding hydrogens is 183 g/mol. The number of carbonyl (C=O) groups is 1. The molecule has 0 aromatic heterocycles. The van der Waals surface area contributed by atoms with Gasteiger partial charge in [-0.25, -0.2) is 0 Å². The van der Waals surface area contributed by atoms with Crippen molar-refractivity contribution in [2.45, 2.75) is 0 Å². The number of methoxy groups -OCH3 is 1. The van der Waals surface area contributed by atoms with Crippen LogP contribution in [0.15, 0.2) is 24.3 Å². The smallest absolute Gasteiger partial charge is 0.545 e. The van der Waals surface area contributed by atoms with Crippen molar-refractivity contribution in [1.29, 1.82) is 0 Å². The normalized spacial score (nSPS) is 8.42. The summed E-state index contributed by atoms with van der Waals surface area (Å²) in [5.74, 6) is -0.671. The third-order valence-corrected chi connectivity index (χ3v) is 1.31. The summed E-state index contributed by atoms with van der Waals surface area (Å²) in [6.07, 6.45) is 0. The van der Waals surface area contributed by atoms with Crippen LogP contribution in [0.25, 0.3) is 0 Å². The average molecular weight is 190 g/mol. The van der Waals surface area contributed by atoms with Gasteiger partial charge in [-0.05, 0) is 12.1 Å². The maximum Gasteiger partial charge on any atom is 1.00 e. The molecule has 4 heteroatoms. The Morgan fingerprint density at radius 2 is 2.17 bits per heavy atom. The number of ether oxygens (including phenoxy) is 1. The third kappa shape index (κ3) is 3.24. The zero-order chi connectivity index (χ0) is 8.27. The van der Waals surface area contributed by atoms with Crippen LogP contribution in [0.5, 0.6) is 5.75 Å². The van der Waals surface area contributed by atoms with Crippen LogP contribution in [0.3, 0.4) is 0 Å². The molecule has 0 aliphatic carbocycles. The Balaban J connectivity index is 0.00000121. The van der Waals surface area contributed by atoms with Crippen LogP contribution in [0, 0.1) is 0 Å². The molecular formula is C8H7KO3. The Bertz CT molecular complexity index is 273. The predicted molar refractivity (Wildman–Crippen MR) is 37.3 cm³/mol. The molecule has 3 nitrogen and oxygen atoms in total. The quantitative estimate of drug-likeness (QED) is 0.469. The number of rotatable bonds is 2. The van der Waals surface area contributed by atoms with Crippen molar-refractivity contribution in [2.75, 3.05) is 7.11 Å². The minimum Gasteiger partial charge on any atom is -0.545 e. The summed E-state index contributed by atoms with van der Waals surface area (Å²) in [6, 6.07) is 6.14. The standard InChI is InChI=1S/C8H8O3.K/c1-11-7-4-2-3-6(5-7)8(9)10;/h2-5H,1H3,(H,9,10);/q;+1/p-1. The molecule has 0 atom stereocenters. The Morgan fingerprint density at radius 1 is 1.50 bits per heavy atom. The van der Waals surface area contributed by atoms with Gasteiger partial charge in [-0.3, -0.25) is 0 Å². The number of aromatic carboxylic acids is 1. The SMILES string of the molecule is COc1cccc(C(=O)[O-])c1.[K+]. The topological polar surface area (TPSA) is 49.4 Å². The second-order valence-electron chi connectivity index (χ2n) is 2.02. The van der Waals surface area contributed by atoms with Gasteiger partial charge >= 0.3 is 51.4 Å². The average Bonchev–Trinajstić information content (AvgIpc) is 2.05. The van der Waals surface area contributed by atoms with Gasteiger partial charge in [0.05, 0.1) is 13.1 Å². The number of hydrogen-bond acceptors (Lipinski definition) is 3. The summed E-state index contributed by atoms with van der Waals surface area (Å²) < 4.78 is 4.81. The van der Waals surface area contributed by atoms with Crippen LogP contribution in [0.2, 0.25) is 0 Å². The van der Waals surface area contributed by atoms with Crippen molar-refractivity contribution in [1.82, 2.24) is 0 Å². The first-order valence-electron chi connectivity index (χ1n) is 3.09. The van der Waals surface area contributed by atoms with Gasteiger partial charge in [0.25, 0.3) is 0 Å². The van der Waals surface area contributed by atoms with Crippen LogP contribution < -0.4 is 61.2 Å². The molecule has 12 heavy (non-hydrogen) atoms. The van der Waals surface area contributed by atoms with E-state index in [2.05, 4.69) is 0 Å². The van der Waals surface area contributed by atoms with Gasteiger partial charge in [-0.2, -0.15) is 0 Å². The molecule has 0 bridgehead atoms. The van der Waals surface area contributed by atoms with E-state index in [4.69, 9.17) is 4.74 Å². The summed E-state index contributed by atoms with van der Waals surface area (Å²) in [5.41, 5.74) is 0.129. The van der Waals surface area contributed by atoms with Crippen LogP contribution >= 0.6 is 0 Å². The molecule has 1 aromatic carbocycles. The molecule has 0 aliphatic heterocycles. The molecule has 58 valence electrons. The molecule has 0 spiro atoms. The summed E-state index contributed by atoms with van der Waals surface area (Å²) in [6.45, 7) is 0. The van der Waals surface area contributed by atoms with E-state index >= 15 is 0 Å². The van der Waals surface area contributed by atoms with Crippen LogP contribution in [-0.2, 0) is 0 Å². The van der Waals surface area contributed by atoms with Crippen molar-refractivity contribution in [3.8, 4) is 5.75 Å². The first kappa shape index (κ1) is 12.1. The zero-order valence-electron chi connectivity index (χ0n) is 7.03. The second-order valence-corrected chi connectivity index (χ2v) is 2.02. The van der Waals surface area contributed by atoms with E-state index in [0.29, 0.717) is 5.75 Å². The molecule has 0 saturated carbocycles. The fourth-order valence-electron chi connectivity index (χ4n) is 0.750. The van der Waals surface area contributed by atoms with Gasteiger partial charge in [-0.1, -0.05) is 12.1 Å². The van der Waals surface area contributed by atoms with Gasteiger partial charge in [0.1, 0.15) is 5.75 Å². The molecule has 0 N–H and O–H groups in total. The largest absolute Gasteiger partial charge is 1.00 e. The van der Waals surface area contributed by atoms with E-state index < -0.39 is 5.97 Å². The van der Waals surface area contributed by atoms with E-state index in [1.165, 1.54) is 19.2 Å². The molecule has 0 aliphatic rings. The fourth-order valence-corrected chi connectivity index (χ4v) is 0.750. The Morgan fingerprint density at radius 3 is 2.67 bits per heavy atom. The summed E-state index contributed by atoms with van der Waals surface area (Å²) in [4.78, 5) is 10.3. The van der Waals surface area contributed by atoms with Crippen molar-refractivity contribution in [3.63, 3.8) is 0 Å². The Hall–Kier alpha value is 0.126. The summed E-state index contributed by atoms with van der Waals surface area (Å²) in [7, 11) is 1.48. The first-order chi connectivity index (χ1) is 5.24.